The molecule has 0 aliphatic carbocycles. The van der Waals surface area contributed by atoms with E-state index >= 15 is 0 Å². The van der Waals surface area contributed by atoms with Crippen LogP contribution >= 0.6 is 15.9 Å². The van der Waals surface area contributed by atoms with E-state index in [1.165, 1.54) is 18.2 Å². The molecule has 1 atom stereocenters. The topological polar surface area (TPSA) is 136 Å². The Morgan fingerprint density at radius 1 is 1.37 bits per heavy atom. The molecule has 0 spiro atoms. The minimum Gasteiger partial charge on any atom is -0.478 e. The molecule has 0 bridgehead atoms. The number of rotatable bonds is 5. The number of hydrogen-bond donors (Lipinski definition) is 4. The van der Waals surface area contributed by atoms with Crippen molar-refractivity contribution in [3.8, 4) is 0 Å². The summed E-state index contributed by atoms with van der Waals surface area (Å²) in [4.78, 5) is 33.1. The molecule has 0 aliphatic heterocycles. The Morgan fingerprint density at radius 2 is 2.00 bits per heavy atom. The fourth-order valence-corrected chi connectivity index (χ4v) is 1.63. The molecule has 19 heavy (non-hydrogen) atoms. The van der Waals surface area contributed by atoms with E-state index < -0.39 is 23.8 Å². The molecule has 0 heterocycles. The van der Waals surface area contributed by atoms with Gasteiger partial charge in [-0.2, -0.15) is 0 Å². The van der Waals surface area contributed by atoms with Crippen LogP contribution in [-0.2, 0) is 9.59 Å². The maximum Gasteiger partial charge on any atom is 0.335 e. The van der Waals surface area contributed by atoms with E-state index in [9.17, 15) is 14.4 Å². The van der Waals surface area contributed by atoms with Crippen molar-refractivity contribution < 1.29 is 19.5 Å². The van der Waals surface area contributed by atoms with Crippen LogP contribution < -0.4 is 16.8 Å². The van der Waals surface area contributed by atoms with E-state index in [1.54, 1.807) is 0 Å². The quantitative estimate of drug-likeness (QED) is 0.615. The standard InChI is InChI=1S/C11H12BrN3O4/c12-6-2-1-5(11(18)19)3-8(6)15-10(17)7(13)4-9(14)16/h1-3,7H,4,13H2,(H2,14,16)(H,15,17)(H,18,19). The summed E-state index contributed by atoms with van der Waals surface area (Å²) in [6.07, 6.45) is -0.290. The van der Waals surface area contributed by atoms with Crippen LogP contribution in [0.2, 0.25) is 0 Å². The van der Waals surface area contributed by atoms with Crippen LogP contribution in [0.25, 0.3) is 0 Å². The Morgan fingerprint density at radius 3 is 2.53 bits per heavy atom. The molecule has 0 saturated carbocycles. The molecule has 0 aliphatic rings. The molecular weight excluding hydrogens is 318 g/mol. The third-order valence-corrected chi connectivity index (χ3v) is 2.92. The number of anilines is 1. The summed E-state index contributed by atoms with van der Waals surface area (Å²) in [5.41, 5.74) is 10.7. The number of aromatic carboxylic acids is 1. The number of carbonyl (C=O) groups is 3. The monoisotopic (exact) mass is 329 g/mol. The van der Waals surface area contributed by atoms with Crippen LogP contribution in [0, 0.1) is 0 Å². The van der Waals surface area contributed by atoms with Crippen LogP contribution in [0.1, 0.15) is 16.8 Å². The van der Waals surface area contributed by atoms with Crippen LogP contribution in [0.15, 0.2) is 22.7 Å². The maximum atomic E-state index is 11.7. The highest BCUT2D eigenvalue weighted by atomic mass is 79.9. The number of nitrogens with one attached hydrogen (secondary N) is 1. The number of hydrogen-bond acceptors (Lipinski definition) is 4. The molecule has 102 valence electrons. The van der Waals surface area contributed by atoms with Crippen molar-refractivity contribution in [2.45, 2.75) is 12.5 Å². The van der Waals surface area contributed by atoms with Crippen molar-refractivity contribution in [1.29, 1.82) is 0 Å². The molecule has 0 saturated heterocycles. The first kappa shape index (κ1) is 15.1. The molecule has 0 fully saturated rings. The van der Waals surface area contributed by atoms with Crippen molar-refractivity contribution in [3.05, 3.63) is 28.2 Å². The lowest BCUT2D eigenvalue weighted by molar-refractivity contribution is -0.123. The molecule has 8 heteroatoms. The smallest absolute Gasteiger partial charge is 0.335 e. The second kappa shape index (κ2) is 6.30. The first-order valence-electron chi connectivity index (χ1n) is 5.19. The molecule has 1 rings (SSSR count). The van der Waals surface area contributed by atoms with Crippen LogP contribution in [-0.4, -0.2) is 28.9 Å². The van der Waals surface area contributed by atoms with Gasteiger partial charge in [0.25, 0.3) is 0 Å². The lowest BCUT2D eigenvalue weighted by Gasteiger charge is -2.12. The summed E-state index contributed by atoms with van der Waals surface area (Å²) in [7, 11) is 0. The second-order valence-electron chi connectivity index (χ2n) is 3.77. The van der Waals surface area contributed by atoms with Gasteiger partial charge < -0.3 is 21.9 Å². The van der Waals surface area contributed by atoms with Gasteiger partial charge in [-0.25, -0.2) is 4.79 Å². The van der Waals surface area contributed by atoms with Gasteiger partial charge in [0.15, 0.2) is 0 Å². The van der Waals surface area contributed by atoms with Gasteiger partial charge in [-0.1, -0.05) is 0 Å². The third-order valence-electron chi connectivity index (χ3n) is 2.23. The van der Waals surface area contributed by atoms with E-state index in [1.807, 2.05) is 0 Å². The van der Waals surface area contributed by atoms with Crippen LogP contribution in [0.4, 0.5) is 5.69 Å². The Labute approximate surface area is 117 Å². The highest BCUT2D eigenvalue weighted by molar-refractivity contribution is 9.10. The summed E-state index contributed by atoms with van der Waals surface area (Å²) in [6, 6.07) is 3.06. The zero-order valence-electron chi connectivity index (χ0n) is 9.72. The zero-order valence-corrected chi connectivity index (χ0v) is 11.3. The fraction of sp³-hybridized carbons (Fsp3) is 0.182. The van der Waals surface area contributed by atoms with Gasteiger partial charge in [0.1, 0.15) is 0 Å². The van der Waals surface area contributed by atoms with E-state index in [4.69, 9.17) is 16.6 Å². The van der Waals surface area contributed by atoms with Crippen molar-refractivity contribution in [2.24, 2.45) is 11.5 Å². The van der Waals surface area contributed by atoms with Crippen molar-refractivity contribution in [1.82, 2.24) is 0 Å². The lowest BCUT2D eigenvalue weighted by Crippen LogP contribution is -2.39. The Bertz CT molecular complexity index is 533. The summed E-state index contributed by atoms with van der Waals surface area (Å²) in [6.45, 7) is 0. The number of amides is 2. The van der Waals surface area contributed by atoms with Crippen LogP contribution in [0.5, 0.6) is 0 Å². The van der Waals surface area contributed by atoms with Gasteiger partial charge in [-0.05, 0) is 34.1 Å². The first-order chi connectivity index (χ1) is 8.81. The van der Waals surface area contributed by atoms with Gasteiger partial charge in [0.05, 0.1) is 23.7 Å². The van der Waals surface area contributed by atoms with Crippen molar-refractivity contribution >= 4 is 39.4 Å². The zero-order chi connectivity index (χ0) is 14.6. The van der Waals surface area contributed by atoms with E-state index in [2.05, 4.69) is 21.2 Å². The van der Waals surface area contributed by atoms with Gasteiger partial charge >= 0.3 is 5.97 Å². The summed E-state index contributed by atoms with van der Waals surface area (Å²) >= 11 is 3.17. The van der Waals surface area contributed by atoms with Gasteiger partial charge in [-0.3, -0.25) is 9.59 Å². The normalized spacial score (nSPS) is 11.7. The highest BCUT2D eigenvalue weighted by Crippen LogP contribution is 2.23. The number of carboxylic acid groups (broad SMARTS) is 1. The molecule has 6 N–H and O–H groups in total. The average Bonchev–Trinajstić information content (AvgIpc) is 2.30. The minimum atomic E-state index is -1.12. The highest BCUT2D eigenvalue weighted by Gasteiger charge is 2.17. The number of carboxylic acids is 1. The minimum absolute atomic E-state index is 0.0157. The summed E-state index contributed by atoms with van der Waals surface area (Å²) < 4.78 is 0.497. The van der Waals surface area contributed by atoms with E-state index in [-0.39, 0.29) is 17.7 Å². The number of benzene rings is 1. The second-order valence-corrected chi connectivity index (χ2v) is 4.62. The Balaban J connectivity index is 2.86. The van der Waals surface area contributed by atoms with Crippen LogP contribution in [0.3, 0.4) is 0 Å². The summed E-state index contributed by atoms with van der Waals surface area (Å²) in [5, 5.41) is 11.3. The first-order valence-corrected chi connectivity index (χ1v) is 5.98. The van der Waals surface area contributed by atoms with Gasteiger partial charge in [0.2, 0.25) is 11.8 Å². The number of halogens is 1. The molecule has 0 radical (unpaired) electrons. The lowest BCUT2D eigenvalue weighted by atomic mass is 10.1. The average molecular weight is 330 g/mol. The van der Waals surface area contributed by atoms with Gasteiger partial charge in [0, 0.05) is 4.47 Å². The predicted molar refractivity (Wildman–Crippen MR) is 71.5 cm³/mol. The molecule has 1 aromatic rings. The number of primary amides is 1. The third kappa shape index (κ3) is 4.34. The predicted octanol–water partition coefficient (Wildman–Crippen LogP) is 0.288. The van der Waals surface area contributed by atoms with Gasteiger partial charge in [-0.15, -0.1) is 0 Å². The molecule has 1 aromatic carbocycles. The maximum absolute atomic E-state index is 11.7. The number of nitrogens with two attached hydrogens (primary N) is 2. The molecule has 2 amide bonds. The molecular formula is C11H12BrN3O4. The van der Waals surface area contributed by atoms with E-state index in [0.717, 1.165) is 0 Å². The largest absolute Gasteiger partial charge is 0.478 e. The Hall–Kier alpha value is -1.93. The SMILES string of the molecule is NC(=O)CC(N)C(=O)Nc1cc(C(=O)O)ccc1Br. The van der Waals surface area contributed by atoms with Crippen molar-refractivity contribution in [2.75, 3.05) is 5.32 Å². The van der Waals surface area contributed by atoms with E-state index in [0.29, 0.717) is 4.47 Å². The molecule has 7 nitrogen and oxygen atoms in total. The summed E-state index contributed by atoms with van der Waals surface area (Å²) in [5.74, 6) is -2.44. The molecule has 0 aromatic heterocycles. The molecule has 1 unspecified atom stereocenters. The fourth-order valence-electron chi connectivity index (χ4n) is 1.29. The van der Waals surface area contributed by atoms with Crippen molar-refractivity contribution in [3.63, 3.8) is 0 Å². The number of carbonyl (C=O) groups excluding carboxylic acids is 2. The Kier molecular flexibility index (Phi) is 5.02.